The zero-order valence-electron chi connectivity index (χ0n) is 14.8. The fraction of sp³-hybridized carbons (Fsp3) is 0.350. The van der Waals surface area contributed by atoms with E-state index >= 15 is 0 Å². The quantitative estimate of drug-likeness (QED) is 0.756. The number of benzene rings is 1. The highest BCUT2D eigenvalue weighted by Gasteiger charge is 2.47. The Hall–Kier alpha value is -2.80. The second kappa shape index (κ2) is 6.42. The Morgan fingerprint density at radius 2 is 2.04 bits per heavy atom. The first-order valence-electron chi connectivity index (χ1n) is 9.24. The first-order valence-corrected chi connectivity index (χ1v) is 9.24. The zero-order chi connectivity index (χ0) is 18.3. The first kappa shape index (κ1) is 16.4. The van der Waals surface area contributed by atoms with Crippen LogP contribution in [0.25, 0.3) is 5.82 Å². The summed E-state index contributed by atoms with van der Waals surface area (Å²) in [7, 11) is 0. The van der Waals surface area contributed by atoms with Crippen LogP contribution in [0.3, 0.4) is 0 Å². The summed E-state index contributed by atoms with van der Waals surface area (Å²) in [6, 6.07) is 9.09. The van der Waals surface area contributed by atoms with Crippen LogP contribution < -0.4 is 10.1 Å². The van der Waals surface area contributed by atoms with Crippen molar-refractivity contribution in [1.29, 1.82) is 0 Å². The molecule has 1 atom stereocenters. The van der Waals surface area contributed by atoms with Crippen molar-refractivity contribution in [1.82, 2.24) is 25.1 Å². The number of halogens is 1. The molecular formula is C20H20FN5O. The Bertz CT molecular complexity index is 936. The van der Waals surface area contributed by atoms with Gasteiger partial charge in [-0.25, -0.2) is 9.37 Å². The SMILES string of the molecule is Fc1cccc2c1OC1(CCNCC1)[C@@H](c1ccc(-n3ccnc3)nn1)C2. The molecule has 2 aliphatic rings. The molecule has 27 heavy (non-hydrogen) atoms. The molecule has 6 nitrogen and oxygen atoms in total. The molecule has 2 aliphatic heterocycles. The smallest absolute Gasteiger partial charge is 0.165 e. The number of piperidine rings is 1. The van der Waals surface area contributed by atoms with E-state index in [2.05, 4.69) is 20.5 Å². The van der Waals surface area contributed by atoms with Gasteiger partial charge in [-0.15, -0.1) is 5.10 Å². The van der Waals surface area contributed by atoms with Gasteiger partial charge in [-0.2, -0.15) is 5.10 Å². The number of imidazole rings is 1. The van der Waals surface area contributed by atoms with Gasteiger partial charge >= 0.3 is 0 Å². The van der Waals surface area contributed by atoms with Gasteiger partial charge in [-0.3, -0.25) is 4.57 Å². The maximum Gasteiger partial charge on any atom is 0.165 e. The number of para-hydroxylation sites is 1. The van der Waals surface area contributed by atoms with Gasteiger partial charge in [0.25, 0.3) is 0 Å². The van der Waals surface area contributed by atoms with Crippen molar-refractivity contribution in [3.8, 4) is 11.6 Å². The van der Waals surface area contributed by atoms with Crippen LogP contribution in [0.2, 0.25) is 0 Å². The molecule has 7 heteroatoms. The number of nitrogens with zero attached hydrogens (tertiary/aromatic N) is 4. The summed E-state index contributed by atoms with van der Waals surface area (Å²) < 4.78 is 22.6. The monoisotopic (exact) mass is 365 g/mol. The Kier molecular flexibility index (Phi) is 3.89. The van der Waals surface area contributed by atoms with Crippen LogP contribution in [0.1, 0.15) is 30.0 Å². The standard InChI is InChI=1S/C20H20FN5O/c21-16-3-1-2-14-12-15(20(27-19(14)16)6-8-22-9-7-20)17-4-5-18(25-24-17)26-11-10-23-13-26/h1-5,10-11,13,15,22H,6-9,12H2/t15-/m1/s1. The van der Waals surface area contributed by atoms with Crippen molar-refractivity contribution < 1.29 is 9.13 Å². The second-order valence-corrected chi connectivity index (χ2v) is 7.19. The Balaban J connectivity index is 1.54. The average molecular weight is 365 g/mol. The van der Waals surface area contributed by atoms with E-state index in [-0.39, 0.29) is 11.7 Å². The molecule has 0 radical (unpaired) electrons. The van der Waals surface area contributed by atoms with Gasteiger partial charge < -0.3 is 10.1 Å². The van der Waals surface area contributed by atoms with E-state index in [1.165, 1.54) is 6.07 Å². The van der Waals surface area contributed by atoms with Crippen molar-refractivity contribution in [2.45, 2.75) is 30.8 Å². The minimum atomic E-state index is -0.453. The summed E-state index contributed by atoms with van der Waals surface area (Å²) in [5.74, 6) is 0.876. The van der Waals surface area contributed by atoms with Gasteiger partial charge in [0.2, 0.25) is 0 Å². The van der Waals surface area contributed by atoms with Crippen LogP contribution in [0.15, 0.2) is 49.1 Å². The van der Waals surface area contributed by atoms with E-state index < -0.39 is 5.60 Å². The lowest BCUT2D eigenvalue weighted by molar-refractivity contribution is -0.00788. The molecule has 0 aliphatic carbocycles. The number of fused-ring (bicyclic) bond motifs is 1. The lowest BCUT2D eigenvalue weighted by Gasteiger charge is -2.46. The van der Waals surface area contributed by atoms with E-state index in [1.54, 1.807) is 18.6 Å². The maximum atomic E-state index is 14.4. The third-order valence-electron chi connectivity index (χ3n) is 5.66. The fourth-order valence-corrected chi connectivity index (χ4v) is 4.24. The van der Waals surface area contributed by atoms with E-state index in [0.29, 0.717) is 12.2 Å². The number of aromatic nitrogens is 4. The van der Waals surface area contributed by atoms with Crippen LogP contribution in [0.5, 0.6) is 5.75 Å². The highest BCUT2D eigenvalue weighted by Crippen LogP contribution is 2.47. The van der Waals surface area contributed by atoms with Gasteiger partial charge in [0.1, 0.15) is 11.9 Å². The van der Waals surface area contributed by atoms with Crippen LogP contribution >= 0.6 is 0 Å². The second-order valence-electron chi connectivity index (χ2n) is 7.19. The molecule has 1 spiro atoms. The molecule has 138 valence electrons. The minimum absolute atomic E-state index is 0.0400. The fourth-order valence-electron chi connectivity index (χ4n) is 4.24. The normalized spacial score (nSPS) is 20.9. The van der Waals surface area contributed by atoms with Gasteiger partial charge in [0.05, 0.1) is 5.69 Å². The summed E-state index contributed by atoms with van der Waals surface area (Å²) in [5, 5.41) is 12.3. The Morgan fingerprint density at radius 1 is 1.15 bits per heavy atom. The topological polar surface area (TPSA) is 64.9 Å². The van der Waals surface area contributed by atoms with E-state index in [1.807, 2.05) is 29.0 Å². The van der Waals surface area contributed by atoms with Gasteiger partial charge in [-0.1, -0.05) is 12.1 Å². The highest BCUT2D eigenvalue weighted by atomic mass is 19.1. The van der Waals surface area contributed by atoms with Crippen molar-refractivity contribution in [3.63, 3.8) is 0 Å². The molecule has 3 aromatic rings. The van der Waals surface area contributed by atoms with Crippen LogP contribution in [-0.4, -0.2) is 38.4 Å². The molecule has 5 rings (SSSR count). The number of nitrogens with one attached hydrogen (secondary N) is 1. The lowest BCUT2D eigenvalue weighted by Crippen LogP contribution is -2.53. The predicted molar refractivity (Wildman–Crippen MR) is 97.5 cm³/mol. The molecule has 1 fully saturated rings. The van der Waals surface area contributed by atoms with Crippen molar-refractivity contribution in [2.24, 2.45) is 0 Å². The lowest BCUT2D eigenvalue weighted by atomic mass is 9.73. The van der Waals surface area contributed by atoms with E-state index in [0.717, 1.165) is 43.0 Å². The van der Waals surface area contributed by atoms with Crippen LogP contribution in [0.4, 0.5) is 4.39 Å². The predicted octanol–water partition coefficient (Wildman–Crippen LogP) is 2.64. The molecule has 0 unspecified atom stereocenters. The van der Waals surface area contributed by atoms with E-state index in [9.17, 15) is 4.39 Å². The zero-order valence-corrected chi connectivity index (χ0v) is 14.8. The van der Waals surface area contributed by atoms with Crippen molar-refractivity contribution in [2.75, 3.05) is 13.1 Å². The van der Waals surface area contributed by atoms with Crippen LogP contribution in [-0.2, 0) is 6.42 Å². The van der Waals surface area contributed by atoms with Gasteiger partial charge in [0.15, 0.2) is 17.4 Å². The molecular weight excluding hydrogens is 345 g/mol. The molecule has 2 aromatic heterocycles. The summed E-state index contributed by atoms with van der Waals surface area (Å²) in [6.45, 7) is 1.70. The molecule has 1 saturated heterocycles. The van der Waals surface area contributed by atoms with Crippen molar-refractivity contribution >= 4 is 0 Å². The summed E-state index contributed by atoms with van der Waals surface area (Å²) in [5.41, 5.74) is 1.33. The third kappa shape index (κ3) is 2.78. The number of hydrogen-bond acceptors (Lipinski definition) is 5. The molecule has 4 heterocycles. The number of rotatable bonds is 2. The van der Waals surface area contributed by atoms with E-state index in [4.69, 9.17) is 4.74 Å². The summed E-state index contributed by atoms with van der Waals surface area (Å²) in [6.07, 6.45) is 7.57. The number of hydrogen-bond donors (Lipinski definition) is 1. The molecule has 0 bridgehead atoms. The molecule has 0 saturated carbocycles. The molecule has 1 aromatic carbocycles. The molecule has 0 amide bonds. The largest absolute Gasteiger partial charge is 0.483 e. The minimum Gasteiger partial charge on any atom is -0.483 e. The Labute approximate surface area is 156 Å². The summed E-state index contributed by atoms with van der Waals surface area (Å²) >= 11 is 0. The first-order chi connectivity index (χ1) is 13.3. The third-order valence-corrected chi connectivity index (χ3v) is 5.66. The van der Waals surface area contributed by atoms with Crippen molar-refractivity contribution in [3.05, 3.63) is 66.1 Å². The maximum absolute atomic E-state index is 14.4. The van der Waals surface area contributed by atoms with Gasteiger partial charge in [-0.05, 0) is 43.3 Å². The highest BCUT2D eigenvalue weighted by molar-refractivity contribution is 5.41. The average Bonchev–Trinajstić information content (AvgIpc) is 3.24. The molecule has 1 N–H and O–H groups in total. The Morgan fingerprint density at radius 3 is 2.78 bits per heavy atom. The summed E-state index contributed by atoms with van der Waals surface area (Å²) in [4.78, 5) is 4.05. The van der Waals surface area contributed by atoms with Gasteiger partial charge in [0, 0.05) is 31.2 Å². The van der Waals surface area contributed by atoms with Crippen LogP contribution in [0, 0.1) is 5.82 Å². The number of ether oxygens (including phenoxy) is 1.